The summed E-state index contributed by atoms with van der Waals surface area (Å²) in [6, 6.07) is 36.7. The van der Waals surface area contributed by atoms with Crippen molar-refractivity contribution in [3.05, 3.63) is 135 Å². The van der Waals surface area contributed by atoms with Crippen molar-refractivity contribution in [3.63, 3.8) is 0 Å². The van der Waals surface area contributed by atoms with Gasteiger partial charge in [-0.05, 0) is 229 Å². The van der Waals surface area contributed by atoms with Crippen molar-refractivity contribution >= 4 is 88.7 Å². The van der Waals surface area contributed by atoms with Crippen molar-refractivity contribution < 1.29 is 0 Å². The highest BCUT2D eigenvalue weighted by Gasteiger charge is 2.49. The molecule has 0 N–H and O–H groups in total. The van der Waals surface area contributed by atoms with Crippen LogP contribution in [-0.2, 0) is 37.9 Å². The highest BCUT2D eigenvalue weighted by Crippen LogP contribution is 2.56. The van der Waals surface area contributed by atoms with Gasteiger partial charge in [-0.1, -0.05) is 153 Å². The third-order valence-corrected chi connectivity index (χ3v) is 22.2. The molecule has 0 unspecified atom stereocenters. The van der Waals surface area contributed by atoms with Crippen LogP contribution in [0.25, 0.3) is 20.2 Å². The molecule has 6 aliphatic rings. The zero-order chi connectivity index (χ0) is 52.9. The molecule has 75 heavy (non-hydrogen) atoms. The second-order valence-corrected chi connectivity index (χ2v) is 31.1. The van der Waals surface area contributed by atoms with Gasteiger partial charge in [0.2, 0.25) is 0 Å². The summed E-state index contributed by atoms with van der Waals surface area (Å²) in [6.45, 7) is 39.7. The molecule has 2 nitrogen and oxygen atoms in total. The van der Waals surface area contributed by atoms with Gasteiger partial charge >= 0.3 is 0 Å². The number of aryl methyl sites for hydroxylation is 1. The Hall–Kier alpha value is -4.80. The van der Waals surface area contributed by atoms with E-state index in [0.717, 1.165) is 0 Å². The molecule has 0 atom stereocenters. The molecular weight excluding hydrogens is 924 g/mol. The number of hydrogen-bond donors (Lipinski definition) is 0. The zero-order valence-corrected chi connectivity index (χ0v) is 49.6. The van der Waals surface area contributed by atoms with Gasteiger partial charge in [0, 0.05) is 48.9 Å². The summed E-state index contributed by atoms with van der Waals surface area (Å²) in [4.78, 5) is 5.64. The van der Waals surface area contributed by atoms with Crippen molar-refractivity contribution in [3.8, 4) is 0 Å². The molecule has 0 radical (unpaired) electrons. The lowest BCUT2D eigenvalue weighted by molar-refractivity contribution is 0.332. The van der Waals surface area contributed by atoms with Gasteiger partial charge in [0.15, 0.2) is 0 Å². The Labute approximate surface area is 456 Å². The van der Waals surface area contributed by atoms with E-state index in [1.54, 1.807) is 5.56 Å². The van der Waals surface area contributed by atoms with Crippen LogP contribution >= 0.6 is 11.3 Å². The third kappa shape index (κ3) is 7.50. The standard InChI is InChI=1S/C71H85BN2S/c1-42-32-50-53(70(13,14)30-28-67(50,7)8)39-57(42)74-59-41-63-48(47-35-45(65(2,3)4)22-25-62(47)75-63)37-55(59)72-56-38-52-54(71(15,16)31-29-69(52,11)12)40-58(56)73(46-23-24-49-51(36-46)68(9,10)27-26-66(49,5)6)60-33-44(34-61(74)64(60)72)43-20-18-17-19-21-43/h22-25,32-41,43H,17-21,26-31H2,1-16H3. The van der Waals surface area contributed by atoms with E-state index in [-0.39, 0.29) is 44.6 Å². The van der Waals surface area contributed by atoms with Gasteiger partial charge in [-0.3, -0.25) is 0 Å². The minimum Gasteiger partial charge on any atom is -0.311 e. The molecular formula is C71H85BN2S. The molecule has 7 aromatic rings. The van der Waals surface area contributed by atoms with E-state index >= 15 is 0 Å². The van der Waals surface area contributed by atoms with Gasteiger partial charge < -0.3 is 9.80 Å². The summed E-state index contributed by atoms with van der Waals surface area (Å²) < 4.78 is 2.76. The lowest BCUT2D eigenvalue weighted by Gasteiger charge is -2.48. The topological polar surface area (TPSA) is 6.48 Å². The fourth-order valence-electron chi connectivity index (χ4n) is 15.7. The first-order valence-electron chi connectivity index (χ1n) is 29.4. The van der Waals surface area contributed by atoms with E-state index in [1.807, 2.05) is 11.3 Å². The fraction of sp³-hybridized carbons (Fsp3) is 0.493. The van der Waals surface area contributed by atoms with Crippen LogP contribution in [0.4, 0.5) is 34.1 Å². The van der Waals surface area contributed by atoms with E-state index in [9.17, 15) is 0 Å². The van der Waals surface area contributed by atoms with Gasteiger partial charge in [0.25, 0.3) is 6.71 Å². The van der Waals surface area contributed by atoms with Gasteiger partial charge in [-0.25, -0.2) is 0 Å². The Balaban J connectivity index is 1.19. The van der Waals surface area contributed by atoms with Crippen LogP contribution < -0.4 is 26.2 Å². The van der Waals surface area contributed by atoms with Gasteiger partial charge in [0.1, 0.15) is 0 Å². The monoisotopic (exact) mass is 1010 g/mol. The molecule has 4 heteroatoms. The molecule has 1 saturated carbocycles. The van der Waals surface area contributed by atoms with Crippen LogP contribution in [-0.4, -0.2) is 6.71 Å². The number of nitrogens with zero attached hydrogens (tertiary/aromatic N) is 2. The normalized spacial score (nSPS) is 21.5. The van der Waals surface area contributed by atoms with E-state index < -0.39 is 0 Å². The van der Waals surface area contributed by atoms with Crippen molar-refractivity contribution in [2.24, 2.45) is 0 Å². The Morgan fingerprint density at radius 3 is 1.55 bits per heavy atom. The average molecular weight is 1010 g/mol. The van der Waals surface area contributed by atoms with E-state index in [0.29, 0.717) is 5.92 Å². The van der Waals surface area contributed by atoms with Gasteiger partial charge in [-0.2, -0.15) is 0 Å². The molecule has 388 valence electrons. The molecule has 0 bridgehead atoms. The number of fused-ring (bicyclic) bond motifs is 10. The van der Waals surface area contributed by atoms with Crippen molar-refractivity contribution in [1.29, 1.82) is 0 Å². The number of thiophene rings is 1. The molecule has 2 aliphatic heterocycles. The van der Waals surface area contributed by atoms with Gasteiger partial charge in [0.05, 0.1) is 0 Å². The third-order valence-electron chi connectivity index (χ3n) is 21.1. The molecule has 4 aliphatic carbocycles. The maximum absolute atomic E-state index is 2.82. The summed E-state index contributed by atoms with van der Waals surface area (Å²) in [5.74, 6) is 0.531. The lowest BCUT2D eigenvalue weighted by Crippen LogP contribution is -2.62. The molecule has 0 saturated heterocycles. The quantitative estimate of drug-likeness (QED) is 0.163. The van der Waals surface area contributed by atoms with Crippen molar-refractivity contribution in [1.82, 2.24) is 0 Å². The predicted molar refractivity (Wildman–Crippen MR) is 328 cm³/mol. The average Bonchev–Trinajstić information content (AvgIpc) is 3.86. The Kier molecular flexibility index (Phi) is 10.7. The maximum atomic E-state index is 2.82. The second kappa shape index (κ2) is 16.1. The summed E-state index contributed by atoms with van der Waals surface area (Å²) >= 11 is 1.99. The Bertz CT molecular complexity index is 3560. The SMILES string of the molecule is Cc1cc2c(cc1N1c3cc4sc5ccc(C(C)(C)C)cc5c4cc3B3c4cc5c(cc4N(c4ccc6c(c4)C(C)(C)CCC6(C)C)c4cc(C6CCCCC6)cc1c43)C(C)(C)CCC5(C)C)C(C)(C)CCC2(C)C. The van der Waals surface area contributed by atoms with Crippen molar-refractivity contribution in [2.45, 2.75) is 225 Å². The van der Waals surface area contributed by atoms with Crippen LogP contribution in [0, 0.1) is 6.92 Å². The molecule has 3 heterocycles. The smallest absolute Gasteiger partial charge is 0.252 e. The molecule has 1 aromatic heterocycles. The maximum Gasteiger partial charge on any atom is 0.252 e. The number of benzene rings is 6. The minimum atomic E-state index is 0.0468. The minimum absolute atomic E-state index is 0.0468. The lowest BCUT2D eigenvalue weighted by atomic mass is 9.33. The summed E-state index contributed by atoms with van der Waals surface area (Å²) in [6.07, 6.45) is 13.7. The van der Waals surface area contributed by atoms with E-state index in [4.69, 9.17) is 0 Å². The number of anilines is 6. The summed E-state index contributed by atoms with van der Waals surface area (Å²) in [5, 5.41) is 2.80. The largest absolute Gasteiger partial charge is 0.311 e. The summed E-state index contributed by atoms with van der Waals surface area (Å²) in [7, 11) is 0. The van der Waals surface area contributed by atoms with Crippen LogP contribution in [0.15, 0.2) is 84.9 Å². The van der Waals surface area contributed by atoms with E-state index in [1.165, 1.54) is 186 Å². The first kappa shape index (κ1) is 49.8. The molecule has 0 amide bonds. The zero-order valence-electron chi connectivity index (χ0n) is 48.8. The summed E-state index contributed by atoms with van der Waals surface area (Å²) in [5.41, 5.74) is 26.7. The highest BCUT2D eigenvalue weighted by atomic mass is 32.1. The number of hydrogen-bond acceptors (Lipinski definition) is 3. The molecule has 1 fully saturated rings. The van der Waals surface area contributed by atoms with Crippen molar-refractivity contribution in [2.75, 3.05) is 9.80 Å². The molecule has 13 rings (SSSR count). The second-order valence-electron chi connectivity index (χ2n) is 30.1. The predicted octanol–water partition coefficient (Wildman–Crippen LogP) is 18.8. The number of rotatable bonds is 3. The van der Waals surface area contributed by atoms with Crippen LogP contribution in [0.1, 0.15) is 230 Å². The Morgan fingerprint density at radius 1 is 0.453 bits per heavy atom. The molecule has 0 spiro atoms. The fourth-order valence-corrected chi connectivity index (χ4v) is 16.8. The van der Waals surface area contributed by atoms with E-state index in [2.05, 4.69) is 206 Å². The first-order chi connectivity index (χ1) is 35.2. The highest BCUT2D eigenvalue weighted by molar-refractivity contribution is 7.26. The van der Waals surface area contributed by atoms with Gasteiger partial charge in [-0.15, -0.1) is 11.3 Å². The van der Waals surface area contributed by atoms with Crippen LogP contribution in [0.3, 0.4) is 0 Å². The first-order valence-corrected chi connectivity index (χ1v) is 30.3. The Morgan fingerprint density at radius 2 is 0.947 bits per heavy atom. The van der Waals surface area contributed by atoms with Crippen LogP contribution in [0.2, 0.25) is 0 Å². The van der Waals surface area contributed by atoms with Crippen LogP contribution in [0.5, 0.6) is 0 Å². The molecule has 6 aromatic carbocycles.